The van der Waals surface area contributed by atoms with Gasteiger partial charge < -0.3 is 24.8 Å². The molecule has 0 heterocycles. The molecule has 0 radical (unpaired) electrons. The Labute approximate surface area is 198 Å². The van der Waals surface area contributed by atoms with E-state index in [4.69, 9.17) is 9.47 Å². The molecule has 0 aliphatic heterocycles. The van der Waals surface area contributed by atoms with Crippen LogP contribution in [0.1, 0.15) is 71.3 Å². The number of carboxylic acid groups (broad SMARTS) is 1. The largest absolute Gasteiger partial charge is 0.492 e. The standard InChI is InChI=1S/C26H42N2O5/c1-4-20(5-2)19-28(26(31)27-22-10-8-7-9-11-22)16-17-33-23-14-12-21(13-15-23)18-24(25(29)30)32-6-3/h12-15,20,22,24H,4-11,16-19H2,1-3H3,(H,27,31)(H,29,30). The lowest BCUT2D eigenvalue weighted by Gasteiger charge is -2.30. The predicted octanol–water partition coefficient (Wildman–Crippen LogP) is 4.88. The smallest absolute Gasteiger partial charge is 0.333 e. The second-order valence-electron chi connectivity index (χ2n) is 8.89. The Morgan fingerprint density at radius 3 is 2.33 bits per heavy atom. The summed E-state index contributed by atoms with van der Waals surface area (Å²) in [5, 5.41) is 12.5. The van der Waals surface area contributed by atoms with E-state index in [1.165, 1.54) is 19.3 Å². The summed E-state index contributed by atoms with van der Waals surface area (Å²) in [5.74, 6) is 0.229. The first-order chi connectivity index (χ1) is 16.0. The second kappa shape index (κ2) is 14.8. The van der Waals surface area contributed by atoms with E-state index < -0.39 is 12.1 Å². The lowest BCUT2D eigenvalue weighted by molar-refractivity contribution is -0.149. The highest BCUT2D eigenvalue weighted by Gasteiger charge is 2.22. The van der Waals surface area contributed by atoms with Crippen molar-refractivity contribution >= 4 is 12.0 Å². The van der Waals surface area contributed by atoms with Gasteiger partial charge in [-0.1, -0.05) is 58.1 Å². The van der Waals surface area contributed by atoms with Crippen molar-refractivity contribution in [3.8, 4) is 5.75 Å². The average molecular weight is 463 g/mol. The van der Waals surface area contributed by atoms with Crippen molar-refractivity contribution in [3.05, 3.63) is 29.8 Å². The van der Waals surface area contributed by atoms with Gasteiger partial charge in [0.2, 0.25) is 0 Å². The summed E-state index contributed by atoms with van der Waals surface area (Å²) in [7, 11) is 0. The van der Waals surface area contributed by atoms with Crippen molar-refractivity contribution < 1.29 is 24.2 Å². The number of aliphatic carboxylic acids is 1. The van der Waals surface area contributed by atoms with Crippen LogP contribution in [-0.4, -0.2) is 60.5 Å². The maximum absolute atomic E-state index is 13.0. The molecule has 33 heavy (non-hydrogen) atoms. The summed E-state index contributed by atoms with van der Waals surface area (Å²) in [4.78, 5) is 26.2. The fourth-order valence-electron chi connectivity index (χ4n) is 4.28. The van der Waals surface area contributed by atoms with E-state index in [2.05, 4.69) is 19.2 Å². The number of hydrogen-bond donors (Lipinski definition) is 2. The minimum absolute atomic E-state index is 0.0170. The number of carbonyl (C=O) groups is 2. The van der Waals surface area contributed by atoms with Crippen LogP contribution in [0.3, 0.4) is 0 Å². The molecule has 0 bridgehead atoms. The van der Waals surface area contributed by atoms with Gasteiger partial charge in [0.05, 0.1) is 6.54 Å². The molecule has 7 heteroatoms. The van der Waals surface area contributed by atoms with E-state index in [0.29, 0.717) is 37.8 Å². The Morgan fingerprint density at radius 2 is 1.76 bits per heavy atom. The van der Waals surface area contributed by atoms with E-state index >= 15 is 0 Å². The summed E-state index contributed by atoms with van der Waals surface area (Å²) in [5.41, 5.74) is 0.880. The van der Waals surface area contributed by atoms with Crippen molar-refractivity contribution in [1.82, 2.24) is 10.2 Å². The molecule has 0 aromatic heterocycles. The third-order valence-corrected chi connectivity index (χ3v) is 6.47. The number of amides is 2. The van der Waals surface area contributed by atoms with Gasteiger partial charge in [-0.15, -0.1) is 0 Å². The number of ether oxygens (including phenoxy) is 2. The molecule has 0 saturated heterocycles. The summed E-state index contributed by atoms with van der Waals surface area (Å²) in [6.45, 7) is 8.17. The number of carbonyl (C=O) groups excluding carboxylic acids is 1. The Morgan fingerprint density at radius 1 is 1.09 bits per heavy atom. The van der Waals surface area contributed by atoms with Crippen molar-refractivity contribution in [3.63, 3.8) is 0 Å². The van der Waals surface area contributed by atoms with Crippen molar-refractivity contribution in [2.75, 3.05) is 26.3 Å². The highest BCUT2D eigenvalue weighted by atomic mass is 16.5. The summed E-state index contributed by atoms with van der Waals surface area (Å²) >= 11 is 0. The Bertz CT molecular complexity index is 699. The van der Waals surface area contributed by atoms with Crippen LogP contribution in [0.25, 0.3) is 0 Å². The van der Waals surface area contributed by atoms with Crippen LogP contribution in [0, 0.1) is 5.92 Å². The monoisotopic (exact) mass is 462 g/mol. The van der Waals surface area contributed by atoms with Crippen LogP contribution >= 0.6 is 0 Å². The van der Waals surface area contributed by atoms with E-state index in [9.17, 15) is 14.7 Å². The zero-order chi connectivity index (χ0) is 24.1. The third-order valence-electron chi connectivity index (χ3n) is 6.47. The second-order valence-corrected chi connectivity index (χ2v) is 8.89. The van der Waals surface area contributed by atoms with Crippen LogP contribution in [0.4, 0.5) is 4.79 Å². The quantitative estimate of drug-likeness (QED) is 0.411. The molecule has 2 N–H and O–H groups in total. The molecule has 1 atom stereocenters. The third kappa shape index (κ3) is 9.62. The van der Waals surface area contributed by atoms with E-state index in [1.54, 1.807) is 6.92 Å². The average Bonchev–Trinajstić information content (AvgIpc) is 2.82. The number of urea groups is 1. The summed E-state index contributed by atoms with van der Waals surface area (Å²) < 4.78 is 11.2. The zero-order valence-electron chi connectivity index (χ0n) is 20.6. The molecule has 1 aromatic carbocycles. The maximum Gasteiger partial charge on any atom is 0.333 e. The van der Waals surface area contributed by atoms with Gasteiger partial charge in [0.15, 0.2) is 6.10 Å². The van der Waals surface area contributed by atoms with Gasteiger partial charge >= 0.3 is 12.0 Å². The van der Waals surface area contributed by atoms with Crippen LogP contribution < -0.4 is 10.1 Å². The first-order valence-electron chi connectivity index (χ1n) is 12.6. The van der Waals surface area contributed by atoms with E-state index in [0.717, 1.165) is 37.8 Å². The molecule has 0 spiro atoms. The van der Waals surface area contributed by atoms with Gasteiger partial charge in [-0.2, -0.15) is 0 Å². The number of carboxylic acids is 1. The maximum atomic E-state index is 13.0. The normalized spacial score (nSPS) is 15.3. The number of nitrogens with zero attached hydrogens (tertiary/aromatic N) is 1. The lowest BCUT2D eigenvalue weighted by atomic mass is 9.96. The molecule has 2 amide bonds. The highest BCUT2D eigenvalue weighted by molar-refractivity contribution is 5.74. The Balaban J connectivity index is 1.89. The fourth-order valence-corrected chi connectivity index (χ4v) is 4.28. The van der Waals surface area contributed by atoms with Gasteiger partial charge in [-0.05, 0) is 43.4 Å². The van der Waals surface area contributed by atoms with Gasteiger partial charge in [0, 0.05) is 25.6 Å². The molecule has 1 aliphatic rings. The molecule has 1 aromatic rings. The molecule has 1 aliphatic carbocycles. The zero-order valence-corrected chi connectivity index (χ0v) is 20.6. The minimum atomic E-state index is -0.957. The topological polar surface area (TPSA) is 88.1 Å². The van der Waals surface area contributed by atoms with Crippen molar-refractivity contribution in [2.24, 2.45) is 5.92 Å². The molecule has 1 unspecified atom stereocenters. The molecule has 2 rings (SSSR count). The number of nitrogens with one attached hydrogen (secondary N) is 1. The molecule has 1 fully saturated rings. The number of benzene rings is 1. The molecule has 1 saturated carbocycles. The van der Waals surface area contributed by atoms with Gasteiger partial charge in [0.25, 0.3) is 0 Å². The van der Waals surface area contributed by atoms with Crippen LogP contribution in [0.5, 0.6) is 5.75 Å². The Hall–Kier alpha value is -2.28. The first-order valence-corrected chi connectivity index (χ1v) is 12.6. The van der Waals surface area contributed by atoms with E-state index in [-0.39, 0.29) is 12.1 Å². The fraction of sp³-hybridized carbons (Fsp3) is 0.692. The van der Waals surface area contributed by atoms with Gasteiger partial charge in [-0.3, -0.25) is 0 Å². The minimum Gasteiger partial charge on any atom is -0.492 e. The molecular formula is C26H42N2O5. The van der Waals surface area contributed by atoms with Gasteiger partial charge in [0.1, 0.15) is 12.4 Å². The van der Waals surface area contributed by atoms with Crippen molar-refractivity contribution in [1.29, 1.82) is 0 Å². The predicted molar refractivity (Wildman–Crippen MR) is 130 cm³/mol. The van der Waals surface area contributed by atoms with Crippen molar-refractivity contribution in [2.45, 2.75) is 84.3 Å². The summed E-state index contributed by atoms with van der Waals surface area (Å²) in [6.07, 6.45) is 7.34. The van der Waals surface area contributed by atoms with E-state index in [1.807, 2.05) is 29.2 Å². The van der Waals surface area contributed by atoms with Crippen LogP contribution in [0.15, 0.2) is 24.3 Å². The highest BCUT2D eigenvalue weighted by Crippen LogP contribution is 2.19. The Kier molecular flexibility index (Phi) is 12.1. The number of rotatable bonds is 14. The molecule has 186 valence electrons. The number of hydrogen-bond acceptors (Lipinski definition) is 4. The van der Waals surface area contributed by atoms with Gasteiger partial charge in [-0.25, -0.2) is 9.59 Å². The first kappa shape index (κ1) is 27.0. The van der Waals surface area contributed by atoms with Crippen LogP contribution in [-0.2, 0) is 16.0 Å². The molecular weight excluding hydrogens is 420 g/mol. The summed E-state index contributed by atoms with van der Waals surface area (Å²) in [6, 6.07) is 7.71. The lowest BCUT2D eigenvalue weighted by Crippen LogP contribution is -2.48. The SMILES string of the molecule is CCOC(Cc1ccc(OCCN(CC(CC)CC)C(=O)NC2CCCCC2)cc1)C(=O)O. The molecule has 7 nitrogen and oxygen atoms in total. The van der Waals surface area contributed by atoms with Crippen LogP contribution in [0.2, 0.25) is 0 Å².